The monoisotopic (exact) mass is 241 g/mol. The summed E-state index contributed by atoms with van der Waals surface area (Å²) in [5.41, 5.74) is 0. The summed E-state index contributed by atoms with van der Waals surface area (Å²) >= 11 is 0. The van der Waals surface area contributed by atoms with Gasteiger partial charge in [0.2, 0.25) is 5.91 Å². The Kier molecular flexibility index (Phi) is 3.38. The Morgan fingerprint density at radius 3 is 2.59 bits per heavy atom. The van der Waals surface area contributed by atoms with Crippen LogP contribution >= 0.6 is 0 Å². The standard InChI is InChI=1S/C12H19NO4/c1-6(17-2)11(14)13-10-8-4-3-7(5-8)9(10)12(15)16/h6-10H,3-5H2,1-2H3,(H,13,14)(H,15,16). The highest BCUT2D eigenvalue weighted by Gasteiger charge is 2.51. The molecule has 2 aliphatic carbocycles. The van der Waals surface area contributed by atoms with E-state index < -0.39 is 18.0 Å². The molecule has 0 saturated heterocycles. The lowest BCUT2D eigenvalue weighted by molar-refractivity contribution is -0.145. The van der Waals surface area contributed by atoms with Gasteiger partial charge in [0.25, 0.3) is 0 Å². The molecule has 5 nitrogen and oxygen atoms in total. The molecule has 1 amide bonds. The molecule has 5 heteroatoms. The highest BCUT2D eigenvalue weighted by Crippen LogP contribution is 2.48. The fraction of sp³-hybridized carbons (Fsp3) is 0.833. The second kappa shape index (κ2) is 4.64. The van der Waals surface area contributed by atoms with Gasteiger partial charge in [0.15, 0.2) is 0 Å². The molecule has 0 radical (unpaired) electrons. The highest BCUT2D eigenvalue weighted by atomic mass is 16.5. The number of fused-ring (bicyclic) bond motifs is 2. The van der Waals surface area contributed by atoms with Gasteiger partial charge in [-0.25, -0.2) is 0 Å². The Morgan fingerprint density at radius 2 is 2.00 bits per heavy atom. The van der Waals surface area contributed by atoms with Crippen LogP contribution in [0, 0.1) is 17.8 Å². The molecule has 0 spiro atoms. The molecule has 96 valence electrons. The second-order valence-corrected chi connectivity index (χ2v) is 5.11. The molecule has 2 bridgehead atoms. The van der Waals surface area contributed by atoms with Crippen molar-refractivity contribution in [3.05, 3.63) is 0 Å². The van der Waals surface area contributed by atoms with Crippen molar-refractivity contribution in [2.45, 2.75) is 38.3 Å². The quantitative estimate of drug-likeness (QED) is 0.757. The van der Waals surface area contributed by atoms with Crippen molar-refractivity contribution in [2.75, 3.05) is 7.11 Å². The highest BCUT2D eigenvalue weighted by molar-refractivity contribution is 5.82. The average Bonchev–Trinajstić information content (AvgIpc) is 2.87. The third-order valence-corrected chi connectivity index (χ3v) is 4.23. The molecule has 0 aromatic rings. The minimum atomic E-state index is -0.785. The molecule has 5 unspecified atom stereocenters. The maximum Gasteiger partial charge on any atom is 0.308 e. The number of methoxy groups -OCH3 is 1. The van der Waals surface area contributed by atoms with Crippen LogP contribution in [0.5, 0.6) is 0 Å². The second-order valence-electron chi connectivity index (χ2n) is 5.11. The SMILES string of the molecule is COC(C)C(=O)NC1C2CCC(C2)C1C(=O)O. The first-order valence-corrected chi connectivity index (χ1v) is 6.10. The van der Waals surface area contributed by atoms with Gasteiger partial charge in [-0.15, -0.1) is 0 Å². The van der Waals surface area contributed by atoms with E-state index >= 15 is 0 Å². The molecule has 0 aliphatic heterocycles. The number of rotatable bonds is 4. The minimum Gasteiger partial charge on any atom is -0.481 e. The van der Waals surface area contributed by atoms with Gasteiger partial charge in [-0.2, -0.15) is 0 Å². The van der Waals surface area contributed by atoms with E-state index in [4.69, 9.17) is 4.74 Å². The van der Waals surface area contributed by atoms with Gasteiger partial charge in [-0.1, -0.05) is 0 Å². The van der Waals surface area contributed by atoms with Gasteiger partial charge in [0.1, 0.15) is 6.10 Å². The van der Waals surface area contributed by atoms with Gasteiger partial charge in [0.05, 0.1) is 5.92 Å². The lowest BCUT2D eigenvalue weighted by atomic mass is 9.84. The van der Waals surface area contributed by atoms with Crippen LogP contribution in [0.25, 0.3) is 0 Å². The zero-order chi connectivity index (χ0) is 12.6. The molecule has 0 aromatic carbocycles. The van der Waals surface area contributed by atoms with E-state index in [1.165, 1.54) is 7.11 Å². The minimum absolute atomic E-state index is 0.212. The van der Waals surface area contributed by atoms with Crippen LogP contribution in [0.1, 0.15) is 26.2 Å². The largest absolute Gasteiger partial charge is 0.481 e. The summed E-state index contributed by atoms with van der Waals surface area (Å²) in [5.74, 6) is -0.847. The molecular weight excluding hydrogens is 222 g/mol. The fourth-order valence-corrected chi connectivity index (χ4v) is 3.24. The maximum absolute atomic E-state index is 11.7. The van der Waals surface area contributed by atoms with Crippen molar-refractivity contribution < 1.29 is 19.4 Å². The van der Waals surface area contributed by atoms with Gasteiger partial charge < -0.3 is 15.2 Å². The zero-order valence-corrected chi connectivity index (χ0v) is 10.2. The third-order valence-electron chi connectivity index (χ3n) is 4.23. The fourth-order valence-electron chi connectivity index (χ4n) is 3.24. The number of ether oxygens (including phenoxy) is 1. The van der Waals surface area contributed by atoms with Crippen molar-refractivity contribution in [3.63, 3.8) is 0 Å². The normalized spacial score (nSPS) is 36.8. The van der Waals surface area contributed by atoms with Crippen LogP contribution < -0.4 is 5.32 Å². The van der Waals surface area contributed by atoms with E-state index in [1.807, 2.05) is 0 Å². The molecule has 2 aliphatic rings. The number of hydrogen-bond acceptors (Lipinski definition) is 3. The summed E-state index contributed by atoms with van der Waals surface area (Å²) in [7, 11) is 1.47. The van der Waals surface area contributed by atoms with Crippen molar-refractivity contribution >= 4 is 11.9 Å². The number of aliphatic carboxylic acids is 1. The average molecular weight is 241 g/mol. The predicted molar refractivity (Wildman–Crippen MR) is 60.4 cm³/mol. The summed E-state index contributed by atoms with van der Waals surface area (Å²) in [6, 6.07) is -0.212. The first-order chi connectivity index (χ1) is 8.04. The van der Waals surface area contributed by atoms with Gasteiger partial charge >= 0.3 is 5.97 Å². The summed E-state index contributed by atoms with van der Waals surface area (Å²) in [6.45, 7) is 1.66. The van der Waals surface area contributed by atoms with Crippen molar-refractivity contribution in [1.29, 1.82) is 0 Å². The van der Waals surface area contributed by atoms with E-state index in [0.717, 1.165) is 19.3 Å². The van der Waals surface area contributed by atoms with Gasteiger partial charge in [-0.3, -0.25) is 9.59 Å². The zero-order valence-electron chi connectivity index (χ0n) is 10.2. The number of nitrogens with one attached hydrogen (secondary N) is 1. The van der Waals surface area contributed by atoms with E-state index in [1.54, 1.807) is 6.92 Å². The molecule has 5 atom stereocenters. The predicted octanol–water partition coefficient (Wildman–Crippen LogP) is 0.637. The van der Waals surface area contributed by atoms with Gasteiger partial charge in [0, 0.05) is 13.2 Å². The molecule has 2 fully saturated rings. The Labute approximate surface area is 101 Å². The summed E-state index contributed by atoms with van der Waals surface area (Å²) in [6.07, 6.45) is 2.42. The number of carbonyl (C=O) groups excluding carboxylic acids is 1. The molecule has 2 N–H and O–H groups in total. The summed E-state index contributed by atoms with van der Waals surface area (Å²) < 4.78 is 4.94. The number of carbonyl (C=O) groups is 2. The van der Waals surface area contributed by atoms with Crippen LogP contribution in [0.2, 0.25) is 0 Å². The molecule has 2 rings (SSSR count). The number of carboxylic acid groups (broad SMARTS) is 1. The first kappa shape index (κ1) is 12.4. The van der Waals surface area contributed by atoms with Crippen LogP contribution in [-0.2, 0) is 14.3 Å². The number of amides is 1. The first-order valence-electron chi connectivity index (χ1n) is 6.10. The molecule has 2 saturated carbocycles. The third kappa shape index (κ3) is 2.16. The topological polar surface area (TPSA) is 75.6 Å². The number of carboxylic acids is 1. The Balaban J connectivity index is 2.04. The van der Waals surface area contributed by atoms with Crippen molar-refractivity contribution in [2.24, 2.45) is 17.8 Å². The van der Waals surface area contributed by atoms with E-state index in [9.17, 15) is 14.7 Å². The van der Waals surface area contributed by atoms with Crippen LogP contribution in [0.4, 0.5) is 0 Å². The molecule has 0 aromatic heterocycles. The van der Waals surface area contributed by atoms with Crippen LogP contribution in [0.15, 0.2) is 0 Å². The lowest BCUT2D eigenvalue weighted by Gasteiger charge is -2.29. The van der Waals surface area contributed by atoms with E-state index in [-0.39, 0.29) is 17.9 Å². The smallest absolute Gasteiger partial charge is 0.308 e. The Hall–Kier alpha value is -1.10. The Morgan fingerprint density at radius 1 is 1.35 bits per heavy atom. The van der Waals surface area contributed by atoms with Gasteiger partial charge in [-0.05, 0) is 38.0 Å². The van der Waals surface area contributed by atoms with E-state index in [2.05, 4.69) is 5.32 Å². The summed E-state index contributed by atoms with van der Waals surface area (Å²) in [5, 5.41) is 12.1. The van der Waals surface area contributed by atoms with Crippen molar-refractivity contribution in [1.82, 2.24) is 5.32 Å². The maximum atomic E-state index is 11.7. The Bertz CT molecular complexity index is 330. The van der Waals surface area contributed by atoms with E-state index in [0.29, 0.717) is 5.92 Å². The molecule has 17 heavy (non-hydrogen) atoms. The lowest BCUT2D eigenvalue weighted by Crippen LogP contribution is -2.49. The molecule has 0 heterocycles. The van der Waals surface area contributed by atoms with Crippen LogP contribution in [0.3, 0.4) is 0 Å². The van der Waals surface area contributed by atoms with Crippen molar-refractivity contribution in [3.8, 4) is 0 Å². The molecular formula is C12H19NO4. The van der Waals surface area contributed by atoms with Crippen LogP contribution in [-0.4, -0.2) is 36.2 Å². The number of hydrogen-bond donors (Lipinski definition) is 2. The summed E-state index contributed by atoms with van der Waals surface area (Å²) in [4.78, 5) is 23.0.